The summed E-state index contributed by atoms with van der Waals surface area (Å²) < 4.78 is 0. The first-order valence-corrected chi connectivity index (χ1v) is 24.7. The van der Waals surface area contributed by atoms with Gasteiger partial charge in [0, 0.05) is 11.1 Å². The molecule has 0 amide bonds. The first-order valence-electron chi connectivity index (χ1n) is 21.7. The Labute approximate surface area is 370 Å². The first kappa shape index (κ1) is 38.2. The van der Waals surface area contributed by atoms with Crippen LogP contribution in [0.4, 0.5) is 0 Å². The fraction of sp³-hybridized carbons (Fsp3) is 0.0333. The molecular formula is C60H44N2Si. The lowest BCUT2D eigenvalue weighted by molar-refractivity contribution is 1.20. The largest absolute Gasteiger partial charge is 0.228 e. The standard InChI is InChI=1S/C60H44N2Si/c1-63(2)56-31-10-9-30-55(56)58-59(63)57(53-28-14-26-51(39-53)50-25-13-24-49(38-50)47-22-11-20-45(36-47)42-18-7-4-8-19-42)61-60(62-58)54-29-15-27-52(40-54)48-23-12-21-46(37-48)44-34-32-43(33-35-44)41-16-5-3-6-17-41/h3-40H,1-2H3. The summed E-state index contributed by atoms with van der Waals surface area (Å²) in [7, 11) is -2.17. The number of benzene rings is 9. The minimum Gasteiger partial charge on any atom is -0.228 e. The van der Waals surface area contributed by atoms with E-state index >= 15 is 0 Å². The molecule has 0 fully saturated rings. The van der Waals surface area contributed by atoms with Crippen molar-refractivity contribution >= 4 is 18.4 Å². The fourth-order valence-electron chi connectivity index (χ4n) is 9.39. The predicted molar refractivity (Wildman–Crippen MR) is 268 cm³/mol. The maximum atomic E-state index is 5.56. The van der Waals surface area contributed by atoms with Gasteiger partial charge in [0.15, 0.2) is 5.82 Å². The summed E-state index contributed by atoms with van der Waals surface area (Å²) in [6, 6.07) is 83.1. The fourth-order valence-corrected chi connectivity index (χ4v) is 12.6. The number of fused-ring (bicyclic) bond motifs is 3. The second-order valence-corrected chi connectivity index (χ2v) is 21.3. The molecule has 0 spiro atoms. The zero-order chi connectivity index (χ0) is 42.3. The van der Waals surface area contributed by atoms with E-state index in [0.29, 0.717) is 0 Å². The minimum atomic E-state index is -2.17. The molecule has 0 bridgehead atoms. The second kappa shape index (κ2) is 16.0. The summed E-state index contributed by atoms with van der Waals surface area (Å²) in [5.74, 6) is 0.741. The number of rotatable bonds is 8. The van der Waals surface area contributed by atoms with Crippen LogP contribution in [0.2, 0.25) is 13.1 Å². The van der Waals surface area contributed by atoms with E-state index in [1.807, 2.05) is 0 Å². The molecule has 298 valence electrons. The van der Waals surface area contributed by atoms with E-state index in [1.165, 1.54) is 66.0 Å². The molecule has 10 aromatic rings. The Kier molecular flexibility index (Phi) is 9.68. The second-order valence-electron chi connectivity index (χ2n) is 17.0. The maximum absolute atomic E-state index is 5.56. The molecular weight excluding hydrogens is 777 g/mol. The van der Waals surface area contributed by atoms with E-state index in [1.54, 1.807) is 0 Å². The highest BCUT2D eigenvalue weighted by molar-refractivity contribution is 7.04. The summed E-state index contributed by atoms with van der Waals surface area (Å²) in [6.45, 7) is 4.90. The number of nitrogens with zero attached hydrogens (tertiary/aromatic N) is 2. The van der Waals surface area contributed by atoms with E-state index in [0.717, 1.165) is 45.0 Å². The maximum Gasteiger partial charge on any atom is 0.160 e. The van der Waals surface area contributed by atoms with Crippen molar-refractivity contribution in [2.75, 3.05) is 0 Å². The third-order valence-corrected chi connectivity index (χ3v) is 16.2. The lowest BCUT2D eigenvalue weighted by Gasteiger charge is -2.22. The van der Waals surface area contributed by atoms with Crippen LogP contribution in [0, 0.1) is 0 Å². The lowest BCUT2D eigenvalue weighted by atomic mass is 9.95. The van der Waals surface area contributed by atoms with E-state index in [-0.39, 0.29) is 0 Å². The van der Waals surface area contributed by atoms with Gasteiger partial charge in [-0.3, -0.25) is 0 Å². The van der Waals surface area contributed by atoms with Crippen LogP contribution in [-0.2, 0) is 0 Å². The lowest BCUT2D eigenvalue weighted by Crippen LogP contribution is -2.50. The molecule has 0 N–H and O–H groups in total. The predicted octanol–water partition coefficient (Wildman–Crippen LogP) is 14.6. The highest BCUT2D eigenvalue weighted by Crippen LogP contribution is 2.37. The van der Waals surface area contributed by atoms with Crippen molar-refractivity contribution in [3.8, 4) is 101 Å². The Morgan fingerprint density at radius 1 is 0.270 bits per heavy atom. The van der Waals surface area contributed by atoms with Crippen LogP contribution >= 0.6 is 0 Å². The Hall–Kier alpha value is -7.72. The Morgan fingerprint density at radius 3 is 1.10 bits per heavy atom. The molecule has 2 nitrogen and oxygen atoms in total. The molecule has 3 heteroatoms. The van der Waals surface area contributed by atoms with Crippen LogP contribution in [0.1, 0.15) is 0 Å². The molecule has 0 unspecified atom stereocenters. The Morgan fingerprint density at radius 2 is 0.587 bits per heavy atom. The minimum absolute atomic E-state index is 0.741. The molecule has 0 saturated heterocycles. The van der Waals surface area contributed by atoms with Crippen LogP contribution in [0.15, 0.2) is 231 Å². The summed E-state index contributed by atoms with van der Waals surface area (Å²) in [6.07, 6.45) is 0. The van der Waals surface area contributed by atoms with E-state index in [9.17, 15) is 0 Å². The van der Waals surface area contributed by atoms with Gasteiger partial charge < -0.3 is 0 Å². The molecule has 9 aromatic carbocycles. The first-order chi connectivity index (χ1) is 31.0. The SMILES string of the molecule is C[Si]1(C)c2ccccc2-c2nc(-c3cccc(-c4cccc(-c5ccc(-c6ccccc6)cc5)c4)c3)nc(-c3cccc(-c4cccc(-c5cccc(-c6ccccc6)c5)c4)c3)c21. The molecule has 11 rings (SSSR count). The average molecular weight is 821 g/mol. The topological polar surface area (TPSA) is 25.8 Å². The van der Waals surface area contributed by atoms with E-state index in [2.05, 4.69) is 244 Å². The van der Waals surface area contributed by atoms with Crippen LogP contribution < -0.4 is 10.4 Å². The van der Waals surface area contributed by atoms with Crippen LogP contribution in [0.3, 0.4) is 0 Å². The van der Waals surface area contributed by atoms with Crippen LogP contribution in [0.5, 0.6) is 0 Å². The van der Waals surface area contributed by atoms with Crippen molar-refractivity contribution in [1.82, 2.24) is 9.97 Å². The molecule has 1 aromatic heterocycles. The van der Waals surface area contributed by atoms with Gasteiger partial charge in [-0.1, -0.05) is 213 Å². The summed E-state index contributed by atoms with van der Waals surface area (Å²) in [5, 5.41) is 2.72. The van der Waals surface area contributed by atoms with Gasteiger partial charge in [-0.2, -0.15) is 0 Å². The highest BCUT2D eigenvalue weighted by atomic mass is 28.3. The number of aromatic nitrogens is 2. The third-order valence-electron chi connectivity index (χ3n) is 12.7. The van der Waals surface area contributed by atoms with Crippen LogP contribution in [0.25, 0.3) is 101 Å². The molecule has 0 saturated carbocycles. The molecule has 0 radical (unpaired) electrons. The van der Waals surface area contributed by atoms with E-state index in [4.69, 9.17) is 9.97 Å². The number of hydrogen-bond donors (Lipinski definition) is 0. The highest BCUT2D eigenvalue weighted by Gasteiger charge is 2.41. The Bertz CT molecular complexity index is 3300. The molecule has 1 aliphatic rings. The normalized spacial score (nSPS) is 12.4. The van der Waals surface area contributed by atoms with Gasteiger partial charge in [-0.15, -0.1) is 0 Å². The van der Waals surface area contributed by atoms with Gasteiger partial charge in [0.05, 0.1) is 11.4 Å². The van der Waals surface area contributed by atoms with Gasteiger partial charge in [0.2, 0.25) is 0 Å². The van der Waals surface area contributed by atoms with Gasteiger partial charge in [-0.05, 0) is 113 Å². The van der Waals surface area contributed by atoms with Crippen molar-refractivity contribution in [2.45, 2.75) is 13.1 Å². The summed E-state index contributed by atoms with van der Waals surface area (Å²) >= 11 is 0. The summed E-state index contributed by atoms with van der Waals surface area (Å²) in [5.41, 5.74) is 19.7. The van der Waals surface area contributed by atoms with Crippen molar-refractivity contribution < 1.29 is 0 Å². The zero-order valence-corrected chi connectivity index (χ0v) is 36.3. The van der Waals surface area contributed by atoms with Crippen molar-refractivity contribution in [3.63, 3.8) is 0 Å². The number of hydrogen-bond acceptors (Lipinski definition) is 2. The van der Waals surface area contributed by atoms with Crippen molar-refractivity contribution in [3.05, 3.63) is 231 Å². The van der Waals surface area contributed by atoms with Crippen molar-refractivity contribution in [2.24, 2.45) is 0 Å². The zero-order valence-electron chi connectivity index (χ0n) is 35.3. The molecule has 0 aliphatic carbocycles. The molecule has 2 heterocycles. The third kappa shape index (κ3) is 7.23. The average Bonchev–Trinajstić information content (AvgIpc) is 3.60. The Balaban J connectivity index is 0.976. The smallest absolute Gasteiger partial charge is 0.160 e. The van der Waals surface area contributed by atoms with Crippen molar-refractivity contribution in [1.29, 1.82) is 0 Å². The summed E-state index contributed by atoms with van der Waals surface area (Å²) in [4.78, 5) is 11.0. The van der Waals surface area contributed by atoms with Gasteiger partial charge >= 0.3 is 0 Å². The van der Waals surface area contributed by atoms with Gasteiger partial charge in [0.1, 0.15) is 8.07 Å². The molecule has 63 heavy (non-hydrogen) atoms. The quantitative estimate of drug-likeness (QED) is 0.143. The van der Waals surface area contributed by atoms with E-state index < -0.39 is 8.07 Å². The van der Waals surface area contributed by atoms with Crippen LogP contribution in [-0.4, -0.2) is 18.0 Å². The molecule has 1 aliphatic heterocycles. The monoisotopic (exact) mass is 820 g/mol. The molecule has 0 atom stereocenters. The van der Waals surface area contributed by atoms with Gasteiger partial charge in [-0.25, -0.2) is 9.97 Å². The van der Waals surface area contributed by atoms with Gasteiger partial charge in [0.25, 0.3) is 0 Å².